The van der Waals surface area contributed by atoms with Crippen molar-refractivity contribution in [3.05, 3.63) is 211 Å². The van der Waals surface area contributed by atoms with Crippen LogP contribution in [-0.2, 0) is 5.41 Å². The summed E-state index contributed by atoms with van der Waals surface area (Å²) in [6.07, 6.45) is 0. The number of anilines is 3. The average molecular weight is 714 g/mol. The van der Waals surface area contributed by atoms with Crippen LogP contribution in [0.2, 0.25) is 0 Å². The van der Waals surface area contributed by atoms with Crippen molar-refractivity contribution in [1.82, 2.24) is 0 Å². The summed E-state index contributed by atoms with van der Waals surface area (Å²) in [4.78, 5) is 2.46. The molecule has 11 rings (SSSR count). The molecule has 1 nitrogen and oxygen atoms in total. The van der Waals surface area contributed by atoms with Crippen LogP contribution in [0.4, 0.5) is 17.1 Å². The maximum atomic E-state index is 2.46. The van der Waals surface area contributed by atoms with Crippen molar-refractivity contribution in [3.8, 4) is 33.4 Å². The van der Waals surface area contributed by atoms with Crippen LogP contribution in [0.5, 0.6) is 0 Å². The van der Waals surface area contributed by atoms with Gasteiger partial charge in [-0.2, -0.15) is 0 Å². The van der Waals surface area contributed by atoms with E-state index in [-0.39, 0.29) is 5.41 Å². The fourth-order valence-corrected chi connectivity index (χ4v) is 9.44. The first-order chi connectivity index (χ1) is 27.5. The number of fused-ring (bicyclic) bond motifs is 10. The molecule has 56 heavy (non-hydrogen) atoms. The second kappa shape index (κ2) is 12.5. The summed E-state index contributed by atoms with van der Waals surface area (Å²) in [5.74, 6) is 0. The lowest BCUT2D eigenvalue weighted by Crippen LogP contribution is -2.14. The Kier molecular flexibility index (Phi) is 7.28. The van der Waals surface area contributed by atoms with Crippen LogP contribution in [0.25, 0.3) is 76.5 Å². The van der Waals surface area contributed by atoms with E-state index in [0.717, 1.165) is 17.1 Å². The van der Waals surface area contributed by atoms with Crippen LogP contribution in [0.3, 0.4) is 0 Å². The second-order valence-electron chi connectivity index (χ2n) is 15.7. The van der Waals surface area contributed by atoms with Gasteiger partial charge in [-0.15, -0.1) is 0 Å². The van der Waals surface area contributed by atoms with Gasteiger partial charge in [-0.3, -0.25) is 0 Å². The monoisotopic (exact) mass is 713 g/mol. The van der Waals surface area contributed by atoms with Crippen molar-refractivity contribution in [2.24, 2.45) is 0 Å². The molecule has 0 radical (unpaired) electrons. The maximum Gasteiger partial charge on any atom is 0.0546 e. The van der Waals surface area contributed by atoms with Gasteiger partial charge in [0.25, 0.3) is 0 Å². The van der Waals surface area contributed by atoms with E-state index >= 15 is 0 Å². The van der Waals surface area contributed by atoms with Gasteiger partial charge in [0.1, 0.15) is 0 Å². The van der Waals surface area contributed by atoms with E-state index in [0.29, 0.717) is 0 Å². The summed E-state index contributed by atoms with van der Waals surface area (Å²) in [6.45, 7) is 4.69. The summed E-state index contributed by atoms with van der Waals surface area (Å²) in [5.41, 5.74) is 13.7. The van der Waals surface area contributed by atoms with Gasteiger partial charge in [0.05, 0.1) is 5.69 Å². The zero-order chi connectivity index (χ0) is 37.4. The first-order valence-corrected chi connectivity index (χ1v) is 19.6. The van der Waals surface area contributed by atoms with E-state index in [2.05, 4.69) is 219 Å². The molecule has 0 unspecified atom stereocenters. The van der Waals surface area contributed by atoms with Gasteiger partial charge in [0.2, 0.25) is 0 Å². The minimum Gasteiger partial charge on any atom is -0.310 e. The Labute approximate surface area is 327 Å². The third-order valence-electron chi connectivity index (χ3n) is 12.2. The predicted molar refractivity (Wildman–Crippen MR) is 240 cm³/mol. The third kappa shape index (κ3) is 5.01. The van der Waals surface area contributed by atoms with Crippen molar-refractivity contribution < 1.29 is 0 Å². The van der Waals surface area contributed by atoms with Crippen molar-refractivity contribution in [3.63, 3.8) is 0 Å². The summed E-state index contributed by atoms with van der Waals surface area (Å²) < 4.78 is 0. The quantitative estimate of drug-likeness (QED) is 0.161. The number of hydrogen-bond acceptors (Lipinski definition) is 1. The first kappa shape index (κ1) is 32.5. The van der Waals surface area contributed by atoms with Gasteiger partial charge in [-0.25, -0.2) is 0 Å². The van der Waals surface area contributed by atoms with Gasteiger partial charge in [-0.1, -0.05) is 178 Å². The topological polar surface area (TPSA) is 3.24 Å². The van der Waals surface area contributed by atoms with Crippen LogP contribution in [-0.4, -0.2) is 0 Å². The SMILES string of the molecule is CC1(C)c2ccccc2-c2cc(-c3ccc(N(c4cccc(-c5ccccc5)c4)c4cc5ccccc5c5c4ccc4ccc6ccccc6c45)cc3)ccc21. The van der Waals surface area contributed by atoms with Crippen LogP contribution < -0.4 is 4.90 Å². The summed E-state index contributed by atoms with van der Waals surface area (Å²) in [5, 5.41) is 10.1. The second-order valence-corrected chi connectivity index (χ2v) is 15.7. The molecular weight excluding hydrogens is 675 g/mol. The molecule has 1 aliphatic rings. The number of hydrogen-bond donors (Lipinski definition) is 0. The smallest absolute Gasteiger partial charge is 0.0546 e. The van der Waals surface area contributed by atoms with E-state index in [1.54, 1.807) is 0 Å². The molecule has 0 N–H and O–H groups in total. The van der Waals surface area contributed by atoms with Gasteiger partial charge >= 0.3 is 0 Å². The molecule has 0 aromatic heterocycles. The largest absolute Gasteiger partial charge is 0.310 e. The van der Waals surface area contributed by atoms with Crippen LogP contribution >= 0.6 is 0 Å². The number of benzene rings is 10. The number of rotatable bonds is 5. The molecule has 0 aliphatic heterocycles. The highest BCUT2D eigenvalue weighted by Crippen LogP contribution is 2.50. The number of nitrogens with zero attached hydrogens (tertiary/aromatic N) is 1. The highest BCUT2D eigenvalue weighted by atomic mass is 15.1. The van der Waals surface area contributed by atoms with Crippen molar-refractivity contribution >= 4 is 60.2 Å². The van der Waals surface area contributed by atoms with Crippen LogP contribution in [0.15, 0.2) is 200 Å². The third-order valence-corrected chi connectivity index (χ3v) is 12.2. The molecule has 10 aromatic rings. The molecule has 10 aromatic carbocycles. The molecule has 1 heteroatoms. The van der Waals surface area contributed by atoms with E-state index in [1.807, 2.05) is 0 Å². The summed E-state index contributed by atoms with van der Waals surface area (Å²) >= 11 is 0. The average Bonchev–Trinajstić information content (AvgIpc) is 3.49. The standard InChI is InChI=1S/C55H39N/c1-55(2)50-22-11-10-21-47(50)49-34-41(28-32-51(49)55)37-25-29-43(30-26-37)56(44-18-12-17-40(33-44)36-13-4-3-5-14-36)52-35-42-16-7-9-20-46(42)54-48(52)31-27-39-24-23-38-15-6-8-19-45(38)53(39)54/h3-35H,1-2H3. The van der Waals surface area contributed by atoms with Gasteiger partial charge in [0, 0.05) is 27.6 Å². The molecule has 0 fully saturated rings. The summed E-state index contributed by atoms with van der Waals surface area (Å²) in [7, 11) is 0. The zero-order valence-corrected chi connectivity index (χ0v) is 31.5. The van der Waals surface area contributed by atoms with Gasteiger partial charge < -0.3 is 4.90 Å². The van der Waals surface area contributed by atoms with E-state index in [1.165, 1.54) is 87.6 Å². The van der Waals surface area contributed by atoms with Crippen LogP contribution in [0.1, 0.15) is 25.0 Å². The lowest BCUT2D eigenvalue weighted by molar-refractivity contribution is 0.660. The molecule has 0 atom stereocenters. The van der Waals surface area contributed by atoms with Crippen molar-refractivity contribution in [2.45, 2.75) is 19.3 Å². The first-order valence-electron chi connectivity index (χ1n) is 19.6. The minimum absolute atomic E-state index is 0.0106. The Morgan fingerprint density at radius 1 is 0.339 bits per heavy atom. The highest BCUT2D eigenvalue weighted by Gasteiger charge is 2.35. The van der Waals surface area contributed by atoms with E-state index in [9.17, 15) is 0 Å². The van der Waals surface area contributed by atoms with Crippen LogP contribution in [0, 0.1) is 0 Å². The molecule has 0 saturated heterocycles. The highest BCUT2D eigenvalue weighted by molar-refractivity contribution is 6.30. The Hall–Kier alpha value is -6.96. The minimum atomic E-state index is -0.0106. The Morgan fingerprint density at radius 3 is 1.79 bits per heavy atom. The van der Waals surface area contributed by atoms with Gasteiger partial charge in [-0.05, 0) is 113 Å². The normalized spacial score (nSPS) is 13.0. The molecule has 0 heterocycles. The molecule has 264 valence electrons. The summed E-state index contributed by atoms with van der Waals surface area (Å²) in [6, 6.07) is 74.0. The lowest BCUT2D eigenvalue weighted by atomic mass is 9.82. The Morgan fingerprint density at radius 2 is 0.946 bits per heavy atom. The van der Waals surface area contributed by atoms with Crippen molar-refractivity contribution in [2.75, 3.05) is 4.90 Å². The fourth-order valence-electron chi connectivity index (χ4n) is 9.44. The van der Waals surface area contributed by atoms with E-state index < -0.39 is 0 Å². The maximum absolute atomic E-state index is 2.46. The molecule has 0 bridgehead atoms. The van der Waals surface area contributed by atoms with Crippen molar-refractivity contribution in [1.29, 1.82) is 0 Å². The Balaban J connectivity index is 1.13. The predicted octanol–water partition coefficient (Wildman–Crippen LogP) is 15.4. The zero-order valence-electron chi connectivity index (χ0n) is 31.5. The lowest BCUT2D eigenvalue weighted by Gasteiger charge is -2.28. The molecule has 0 saturated carbocycles. The van der Waals surface area contributed by atoms with E-state index in [4.69, 9.17) is 0 Å². The van der Waals surface area contributed by atoms with Gasteiger partial charge in [0.15, 0.2) is 0 Å². The Bertz CT molecular complexity index is 3150. The molecule has 0 amide bonds. The fraction of sp³-hybridized carbons (Fsp3) is 0.0545. The molecule has 0 spiro atoms. The molecule has 1 aliphatic carbocycles. The molecular formula is C55H39N.